The fraction of sp³-hybridized carbons (Fsp3) is 0.600. The third-order valence-electron chi connectivity index (χ3n) is 5.59. The number of carbonyl (C=O) groups is 1. The predicted octanol–water partition coefficient (Wildman–Crippen LogP) is 3.57. The van der Waals surface area contributed by atoms with Crippen LogP contribution < -0.4 is 16.3 Å². The van der Waals surface area contributed by atoms with Gasteiger partial charge in [-0.25, -0.2) is 9.36 Å². The highest BCUT2D eigenvalue weighted by Gasteiger charge is 2.38. The summed E-state index contributed by atoms with van der Waals surface area (Å²) in [6.45, 7) is 16.7. The Labute approximate surface area is 223 Å². The van der Waals surface area contributed by atoms with Crippen molar-refractivity contribution in [1.82, 2.24) is 14.6 Å². The zero-order valence-corrected chi connectivity index (χ0v) is 24.1. The first-order valence-corrected chi connectivity index (χ1v) is 13.7. The van der Waals surface area contributed by atoms with Crippen molar-refractivity contribution >= 4 is 13.7 Å². The Balaban J connectivity index is 3.35. The summed E-state index contributed by atoms with van der Waals surface area (Å²) in [7, 11) is -4.19. The molecule has 0 aliphatic carbocycles. The first kappa shape index (κ1) is 33.1. The Hall–Kier alpha value is -2.97. The van der Waals surface area contributed by atoms with Crippen molar-refractivity contribution < 1.29 is 27.9 Å². The minimum atomic E-state index is -4.19. The van der Waals surface area contributed by atoms with Gasteiger partial charge < -0.3 is 14.0 Å². The Morgan fingerprint density at radius 1 is 1.29 bits per heavy atom. The summed E-state index contributed by atoms with van der Waals surface area (Å²) in [5.74, 6) is -0.691. The molecule has 0 saturated carbocycles. The monoisotopic (exact) mass is 554 g/mol. The first-order valence-electron chi connectivity index (χ1n) is 12.2. The molecule has 0 aliphatic rings. The number of rotatable bonds is 15. The van der Waals surface area contributed by atoms with Crippen LogP contribution in [0.5, 0.6) is 0 Å². The number of nitrogens with zero attached hydrogens (tertiary/aromatic N) is 2. The van der Waals surface area contributed by atoms with E-state index in [0.717, 1.165) is 16.8 Å². The molecule has 0 amide bonds. The summed E-state index contributed by atoms with van der Waals surface area (Å²) in [6, 6.07) is 2.00. The van der Waals surface area contributed by atoms with Gasteiger partial charge in [-0.2, -0.15) is 10.3 Å². The summed E-state index contributed by atoms with van der Waals surface area (Å²) in [4.78, 5) is 38.4. The van der Waals surface area contributed by atoms with E-state index in [0.29, 0.717) is 0 Å². The normalized spacial score (nSPS) is 17.6. The molecule has 0 bridgehead atoms. The number of carbonyl (C=O) groups excluding carboxylic acids is 1. The van der Waals surface area contributed by atoms with Crippen LogP contribution in [0, 0.1) is 23.2 Å². The molecular formula is C25H39N4O8P. The van der Waals surface area contributed by atoms with Crippen LogP contribution in [0.15, 0.2) is 46.3 Å². The lowest BCUT2D eigenvalue weighted by Crippen LogP contribution is -2.47. The SMILES string of the molecule is C=C/C=C(\C)OP(=O)(N[C@@H](C)C(=O)OC(C)C)OC[C@@H](O[C@@](C)(C#N)n1ccc(=O)[nH]c1=O)[C@@H](C)C(C)C. The minimum absolute atomic E-state index is 0.0226. The van der Waals surface area contributed by atoms with Gasteiger partial charge in [0.25, 0.3) is 5.56 Å². The van der Waals surface area contributed by atoms with Gasteiger partial charge in [0.2, 0.25) is 5.72 Å². The molecule has 13 heteroatoms. The average Bonchev–Trinajstić information content (AvgIpc) is 2.80. The lowest BCUT2D eigenvalue weighted by atomic mass is 9.92. The molecule has 2 N–H and O–H groups in total. The van der Waals surface area contributed by atoms with E-state index in [1.165, 1.54) is 32.9 Å². The van der Waals surface area contributed by atoms with Gasteiger partial charge in [-0.15, -0.1) is 0 Å². The molecule has 0 aromatic carbocycles. The van der Waals surface area contributed by atoms with Gasteiger partial charge in [0.15, 0.2) is 0 Å². The summed E-state index contributed by atoms with van der Waals surface area (Å²) in [5, 5.41) is 12.5. The summed E-state index contributed by atoms with van der Waals surface area (Å²) >= 11 is 0. The van der Waals surface area contributed by atoms with Gasteiger partial charge in [-0.3, -0.25) is 23.7 Å². The number of aromatic amines is 1. The van der Waals surface area contributed by atoms with E-state index >= 15 is 0 Å². The molecule has 0 saturated heterocycles. The molecule has 0 radical (unpaired) electrons. The third-order valence-corrected chi connectivity index (χ3v) is 7.31. The van der Waals surface area contributed by atoms with Crippen LogP contribution >= 0.6 is 7.75 Å². The van der Waals surface area contributed by atoms with Crippen LogP contribution in [0.2, 0.25) is 0 Å². The van der Waals surface area contributed by atoms with Crippen molar-refractivity contribution in [3.05, 3.63) is 57.6 Å². The standard InChI is InChI=1S/C25H39N4O8P/c1-10-11-18(6)37-38(33,28-20(8)23(31)35-17(4)5)34-14-21(19(7)16(2)3)36-25(9,15-26)29-13-12-22(30)27-24(29)32/h10-13,16-17,19-21H,1,14H2,2-9H3,(H,28,33)(H,27,30,32)/b18-11+/t19-,20-,21+,25-,38?/m0/s1. The fourth-order valence-electron chi connectivity index (χ4n) is 3.18. The molecule has 0 aliphatic heterocycles. The quantitative estimate of drug-likeness (QED) is 0.142. The highest BCUT2D eigenvalue weighted by atomic mass is 31.2. The van der Waals surface area contributed by atoms with E-state index in [9.17, 15) is 24.2 Å². The fourth-order valence-corrected chi connectivity index (χ4v) is 4.72. The molecule has 1 aromatic heterocycles. The van der Waals surface area contributed by atoms with E-state index in [2.05, 4.69) is 16.7 Å². The summed E-state index contributed by atoms with van der Waals surface area (Å²) in [5.41, 5.74) is -3.31. The number of allylic oxidation sites excluding steroid dienone is 3. The molecule has 1 heterocycles. The van der Waals surface area contributed by atoms with Gasteiger partial charge in [0.1, 0.15) is 17.9 Å². The second kappa shape index (κ2) is 14.3. The van der Waals surface area contributed by atoms with Gasteiger partial charge in [-0.05, 0) is 52.5 Å². The molecule has 38 heavy (non-hydrogen) atoms. The number of aromatic nitrogens is 2. The van der Waals surface area contributed by atoms with Crippen LogP contribution in [-0.2, 0) is 33.6 Å². The smallest absolute Gasteiger partial charge is 0.459 e. The predicted molar refractivity (Wildman–Crippen MR) is 142 cm³/mol. The molecule has 1 rings (SSSR count). The van der Waals surface area contributed by atoms with Crippen LogP contribution in [0.1, 0.15) is 55.4 Å². The van der Waals surface area contributed by atoms with Gasteiger partial charge in [-0.1, -0.05) is 33.4 Å². The largest absolute Gasteiger partial charge is 0.462 e. The maximum absolute atomic E-state index is 13.7. The van der Waals surface area contributed by atoms with Crippen molar-refractivity contribution in [1.29, 1.82) is 5.26 Å². The number of hydrogen-bond acceptors (Lipinski definition) is 9. The van der Waals surface area contributed by atoms with Crippen LogP contribution in [0.25, 0.3) is 0 Å². The number of nitrogens with one attached hydrogen (secondary N) is 2. The second-order valence-corrected chi connectivity index (χ2v) is 11.3. The van der Waals surface area contributed by atoms with E-state index in [1.54, 1.807) is 13.8 Å². The molecule has 12 nitrogen and oxygen atoms in total. The van der Waals surface area contributed by atoms with Crippen LogP contribution in [0.3, 0.4) is 0 Å². The zero-order chi connectivity index (χ0) is 29.3. The lowest BCUT2D eigenvalue weighted by Gasteiger charge is -2.35. The van der Waals surface area contributed by atoms with Crippen molar-refractivity contribution in [2.45, 2.75) is 79.4 Å². The topological polar surface area (TPSA) is 162 Å². The van der Waals surface area contributed by atoms with Crippen molar-refractivity contribution in [2.24, 2.45) is 11.8 Å². The highest BCUT2D eigenvalue weighted by Crippen LogP contribution is 2.47. The van der Waals surface area contributed by atoms with E-state index in [1.807, 2.05) is 26.8 Å². The van der Waals surface area contributed by atoms with Crippen LogP contribution in [-0.4, -0.2) is 40.4 Å². The average molecular weight is 555 g/mol. The molecule has 212 valence electrons. The summed E-state index contributed by atoms with van der Waals surface area (Å²) in [6.07, 6.45) is 2.79. The maximum atomic E-state index is 13.7. The molecular weight excluding hydrogens is 515 g/mol. The third kappa shape index (κ3) is 9.72. The number of esters is 1. The Bertz CT molecular complexity index is 1200. The van der Waals surface area contributed by atoms with E-state index in [4.69, 9.17) is 18.5 Å². The van der Waals surface area contributed by atoms with Crippen LogP contribution in [0.4, 0.5) is 0 Å². The molecule has 1 unspecified atom stereocenters. The number of nitriles is 1. The van der Waals surface area contributed by atoms with Gasteiger partial charge in [0.05, 0.1) is 18.8 Å². The zero-order valence-electron chi connectivity index (χ0n) is 23.2. The Morgan fingerprint density at radius 2 is 1.92 bits per heavy atom. The lowest BCUT2D eigenvalue weighted by molar-refractivity contribution is -0.149. The van der Waals surface area contributed by atoms with Crippen molar-refractivity contribution in [3.63, 3.8) is 0 Å². The van der Waals surface area contributed by atoms with E-state index in [-0.39, 0.29) is 30.3 Å². The molecule has 1 aromatic rings. The molecule has 5 atom stereocenters. The Morgan fingerprint density at radius 3 is 2.42 bits per heavy atom. The number of H-pyrrole nitrogens is 1. The number of ether oxygens (including phenoxy) is 2. The number of hydrogen-bond donors (Lipinski definition) is 2. The molecule has 0 fully saturated rings. The minimum Gasteiger partial charge on any atom is -0.462 e. The Kier molecular flexibility index (Phi) is 12.4. The van der Waals surface area contributed by atoms with Crippen molar-refractivity contribution in [3.8, 4) is 6.07 Å². The first-order chi connectivity index (χ1) is 17.6. The van der Waals surface area contributed by atoms with Gasteiger partial charge >= 0.3 is 19.4 Å². The second-order valence-electron chi connectivity index (χ2n) is 9.57. The summed E-state index contributed by atoms with van der Waals surface area (Å²) < 4.78 is 37.3. The molecule has 0 spiro atoms. The van der Waals surface area contributed by atoms with Gasteiger partial charge in [0, 0.05) is 12.3 Å². The van der Waals surface area contributed by atoms with E-state index < -0.39 is 42.8 Å². The maximum Gasteiger partial charge on any atom is 0.459 e. The highest BCUT2D eigenvalue weighted by molar-refractivity contribution is 7.51. The van der Waals surface area contributed by atoms with Crippen molar-refractivity contribution in [2.75, 3.05) is 6.61 Å².